The second kappa shape index (κ2) is 2.48. The van der Waals surface area contributed by atoms with Crippen molar-refractivity contribution >= 4 is 16.9 Å². The van der Waals surface area contributed by atoms with Crippen LogP contribution in [0, 0.1) is 5.92 Å². The Labute approximate surface area is 92.3 Å². The molecule has 0 amide bonds. The maximum absolute atomic E-state index is 11.3. The van der Waals surface area contributed by atoms with Gasteiger partial charge in [-0.1, -0.05) is 18.2 Å². The fourth-order valence-electron chi connectivity index (χ4n) is 3.18. The average molecular weight is 213 g/mol. The van der Waals surface area contributed by atoms with E-state index in [1.165, 1.54) is 5.69 Å². The SMILES string of the molecule is O=C(O)C1C2CC2c2cc3ccccc3n21. The van der Waals surface area contributed by atoms with Gasteiger partial charge < -0.3 is 9.67 Å². The molecule has 3 heteroatoms. The summed E-state index contributed by atoms with van der Waals surface area (Å²) in [5.74, 6) is 0.151. The van der Waals surface area contributed by atoms with E-state index in [0.29, 0.717) is 11.8 Å². The third-order valence-electron chi connectivity index (χ3n) is 3.93. The van der Waals surface area contributed by atoms with E-state index in [-0.39, 0.29) is 6.04 Å². The van der Waals surface area contributed by atoms with Gasteiger partial charge in [0.25, 0.3) is 0 Å². The molecule has 2 heterocycles. The Bertz CT molecular complexity index is 613. The summed E-state index contributed by atoms with van der Waals surface area (Å²) in [4.78, 5) is 11.3. The van der Waals surface area contributed by atoms with Gasteiger partial charge in [-0.25, -0.2) is 4.79 Å². The van der Waals surface area contributed by atoms with Gasteiger partial charge in [0.2, 0.25) is 0 Å². The Kier molecular flexibility index (Phi) is 1.30. The van der Waals surface area contributed by atoms with Crippen LogP contribution in [-0.4, -0.2) is 15.6 Å². The van der Waals surface area contributed by atoms with E-state index in [9.17, 15) is 9.90 Å². The molecule has 1 N–H and O–H groups in total. The van der Waals surface area contributed by atoms with Crippen LogP contribution in [0.5, 0.6) is 0 Å². The molecule has 3 atom stereocenters. The van der Waals surface area contributed by atoms with E-state index in [1.807, 2.05) is 22.8 Å². The van der Waals surface area contributed by atoms with E-state index in [4.69, 9.17) is 0 Å². The molecule has 3 nitrogen and oxygen atoms in total. The van der Waals surface area contributed by atoms with Gasteiger partial charge in [-0.05, 0) is 29.9 Å². The van der Waals surface area contributed by atoms with Crippen LogP contribution in [0.15, 0.2) is 30.3 Å². The summed E-state index contributed by atoms with van der Waals surface area (Å²) in [6.07, 6.45) is 1.05. The van der Waals surface area contributed by atoms with Crippen molar-refractivity contribution in [3.63, 3.8) is 0 Å². The summed E-state index contributed by atoms with van der Waals surface area (Å²) in [5.41, 5.74) is 2.29. The predicted molar refractivity (Wildman–Crippen MR) is 59.5 cm³/mol. The maximum Gasteiger partial charge on any atom is 0.327 e. The molecule has 2 aromatic rings. The fraction of sp³-hybridized carbons (Fsp3) is 0.308. The molecule has 0 radical (unpaired) electrons. The lowest BCUT2D eigenvalue weighted by Gasteiger charge is -2.12. The molecule has 80 valence electrons. The topological polar surface area (TPSA) is 42.2 Å². The lowest BCUT2D eigenvalue weighted by atomic mass is 10.1. The van der Waals surface area contributed by atoms with Gasteiger partial charge in [0.05, 0.1) is 0 Å². The zero-order valence-electron chi connectivity index (χ0n) is 8.63. The molecule has 3 unspecified atom stereocenters. The molecule has 0 saturated heterocycles. The first-order valence-electron chi connectivity index (χ1n) is 5.60. The Morgan fingerprint density at radius 2 is 2.19 bits per heavy atom. The molecular formula is C13H11NO2. The van der Waals surface area contributed by atoms with Crippen molar-refractivity contribution in [2.24, 2.45) is 5.92 Å². The summed E-state index contributed by atoms with van der Waals surface area (Å²) in [6, 6.07) is 9.86. The second-order valence-electron chi connectivity index (χ2n) is 4.79. The number of hydrogen-bond donors (Lipinski definition) is 1. The summed E-state index contributed by atoms with van der Waals surface area (Å²) in [6.45, 7) is 0. The highest BCUT2D eigenvalue weighted by atomic mass is 16.4. The molecular weight excluding hydrogens is 202 g/mol. The normalized spacial score (nSPS) is 30.1. The first-order chi connectivity index (χ1) is 7.77. The molecule has 0 spiro atoms. The smallest absolute Gasteiger partial charge is 0.327 e. The number of hydrogen-bond acceptors (Lipinski definition) is 1. The molecule has 0 bridgehead atoms. The first-order valence-corrected chi connectivity index (χ1v) is 5.60. The van der Waals surface area contributed by atoms with Crippen LogP contribution in [0.4, 0.5) is 0 Å². The van der Waals surface area contributed by atoms with E-state index in [2.05, 4.69) is 12.1 Å². The second-order valence-corrected chi connectivity index (χ2v) is 4.79. The number of carboxylic acid groups (broad SMARTS) is 1. The molecule has 1 aliphatic carbocycles. The molecule has 1 aliphatic heterocycles. The Morgan fingerprint density at radius 3 is 3.00 bits per heavy atom. The van der Waals surface area contributed by atoms with Crippen molar-refractivity contribution in [3.8, 4) is 0 Å². The predicted octanol–water partition coefficient (Wildman–Crippen LogP) is 2.38. The van der Waals surface area contributed by atoms with Crippen molar-refractivity contribution in [2.75, 3.05) is 0 Å². The summed E-state index contributed by atoms with van der Waals surface area (Å²) in [7, 11) is 0. The number of carboxylic acids is 1. The molecule has 1 saturated carbocycles. The van der Waals surface area contributed by atoms with Crippen LogP contribution in [0.1, 0.15) is 24.1 Å². The van der Waals surface area contributed by atoms with Crippen LogP contribution in [0.3, 0.4) is 0 Å². The van der Waals surface area contributed by atoms with Crippen LogP contribution in [0.2, 0.25) is 0 Å². The highest BCUT2D eigenvalue weighted by Gasteiger charge is 2.55. The minimum Gasteiger partial charge on any atom is -0.480 e. The van der Waals surface area contributed by atoms with Gasteiger partial charge in [0, 0.05) is 17.1 Å². The number of aliphatic carboxylic acids is 1. The quantitative estimate of drug-likeness (QED) is 0.790. The average Bonchev–Trinajstić information content (AvgIpc) is 2.83. The van der Waals surface area contributed by atoms with Crippen molar-refractivity contribution < 1.29 is 9.90 Å². The van der Waals surface area contributed by atoms with Gasteiger partial charge in [0.1, 0.15) is 6.04 Å². The minimum atomic E-state index is -0.687. The van der Waals surface area contributed by atoms with Crippen LogP contribution in [0.25, 0.3) is 10.9 Å². The Morgan fingerprint density at radius 1 is 1.38 bits per heavy atom. The Balaban J connectivity index is 2.05. The summed E-state index contributed by atoms with van der Waals surface area (Å²) in [5, 5.41) is 10.5. The lowest BCUT2D eigenvalue weighted by Crippen LogP contribution is -2.18. The van der Waals surface area contributed by atoms with Crippen molar-refractivity contribution in [1.82, 2.24) is 4.57 Å². The van der Waals surface area contributed by atoms with E-state index in [1.54, 1.807) is 0 Å². The van der Waals surface area contributed by atoms with E-state index < -0.39 is 5.97 Å². The number of para-hydroxylation sites is 1. The number of fused-ring (bicyclic) bond motifs is 5. The zero-order valence-corrected chi connectivity index (χ0v) is 8.63. The summed E-state index contributed by atoms with van der Waals surface area (Å²) < 4.78 is 2.02. The first kappa shape index (κ1) is 8.39. The molecule has 4 rings (SSSR count). The maximum atomic E-state index is 11.3. The number of aromatic nitrogens is 1. The van der Waals surface area contributed by atoms with Gasteiger partial charge >= 0.3 is 5.97 Å². The largest absolute Gasteiger partial charge is 0.480 e. The lowest BCUT2D eigenvalue weighted by molar-refractivity contribution is -0.141. The van der Waals surface area contributed by atoms with Crippen molar-refractivity contribution in [3.05, 3.63) is 36.0 Å². The third-order valence-corrected chi connectivity index (χ3v) is 3.93. The molecule has 1 fully saturated rings. The fourth-order valence-corrected chi connectivity index (χ4v) is 3.18. The standard InChI is InChI=1S/C13H11NO2/c15-13(16)12-9-6-8(9)11-5-7-3-1-2-4-10(7)14(11)12/h1-5,8-9,12H,6H2,(H,15,16). The van der Waals surface area contributed by atoms with E-state index in [0.717, 1.165) is 17.3 Å². The highest BCUT2D eigenvalue weighted by Crippen LogP contribution is 2.60. The Hall–Kier alpha value is -1.77. The third kappa shape index (κ3) is 0.825. The highest BCUT2D eigenvalue weighted by molar-refractivity contribution is 5.86. The van der Waals surface area contributed by atoms with Crippen molar-refractivity contribution in [1.29, 1.82) is 0 Å². The van der Waals surface area contributed by atoms with Gasteiger partial charge in [-0.3, -0.25) is 0 Å². The van der Waals surface area contributed by atoms with E-state index >= 15 is 0 Å². The summed E-state index contributed by atoms with van der Waals surface area (Å²) >= 11 is 0. The van der Waals surface area contributed by atoms with Crippen molar-refractivity contribution in [2.45, 2.75) is 18.4 Å². The monoisotopic (exact) mass is 213 g/mol. The molecule has 2 aliphatic rings. The number of nitrogens with zero attached hydrogens (tertiary/aromatic N) is 1. The number of carbonyl (C=O) groups is 1. The van der Waals surface area contributed by atoms with Crippen LogP contribution >= 0.6 is 0 Å². The minimum absolute atomic E-state index is 0.333. The number of rotatable bonds is 1. The van der Waals surface area contributed by atoms with Gasteiger partial charge in [-0.2, -0.15) is 0 Å². The number of benzene rings is 1. The van der Waals surface area contributed by atoms with Gasteiger partial charge in [0.15, 0.2) is 0 Å². The van der Waals surface area contributed by atoms with Crippen LogP contribution < -0.4 is 0 Å². The molecule has 1 aromatic heterocycles. The zero-order chi connectivity index (χ0) is 10.9. The molecule has 16 heavy (non-hydrogen) atoms. The molecule has 1 aromatic carbocycles. The van der Waals surface area contributed by atoms with Gasteiger partial charge in [-0.15, -0.1) is 0 Å². The van der Waals surface area contributed by atoms with Crippen LogP contribution in [-0.2, 0) is 4.79 Å².